The molecule has 1 aromatic rings. The number of benzene rings is 1. The molecule has 0 fully saturated rings. The molecule has 0 saturated carbocycles. The number of hydrogen-bond donors (Lipinski definition) is 1. The average Bonchev–Trinajstić information content (AvgIpc) is 2.50. The maximum Gasteiger partial charge on any atom is 0.336 e. The number of rotatable bonds is 6. The number of carbonyl (C=O) groups excluding carboxylic acids is 1. The van der Waals surface area contributed by atoms with E-state index in [1.54, 1.807) is 28.8 Å². The van der Waals surface area contributed by atoms with E-state index in [0.29, 0.717) is 17.9 Å². The third-order valence-electron chi connectivity index (χ3n) is 3.65. The lowest BCUT2D eigenvalue weighted by atomic mass is 9.96. The van der Waals surface area contributed by atoms with Crippen molar-refractivity contribution in [3.8, 4) is 0 Å². The van der Waals surface area contributed by atoms with Gasteiger partial charge in [0.25, 0.3) is 0 Å². The van der Waals surface area contributed by atoms with E-state index in [9.17, 15) is 14.7 Å². The van der Waals surface area contributed by atoms with E-state index in [-0.39, 0.29) is 5.91 Å². The largest absolute Gasteiger partial charge is 0.478 e. The van der Waals surface area contributed by atoms with E-state index in [4.69, 9.17) is 0 Å². The molecule has 1 aliphatic rings. The second-order valence-corrected chi connectivity index (χ2v) is 6.27. The normalized spacial score (nSPS) is 13.9. The fourth-order valence-corrected chi connectivity index (χ4v) is 3.54. The first kappa shape index (κ1) is 15.9. The minimum absolute atomic E-state index is 0.0830. The van der Waals surface area contributed by atoms with E-state index in [0.717, 1.165) is 42.7 Å². The van der Waals surface area contributed by atoms with Crippen molar-refractivity contribution in [2.75, 3.05) is 23.0 Å². The number of unbranched alkanes of at least 4 members (excludes halogenated alkanes) is 1. The number of carbonyl (C=O) groups is 2. The number of anilines is 1. The van der Waals surface area contributed by atoms with Crippen LogP contribution in [0, 0.1) is 0 Å². The van der Waals surface area contributed by atoms with Gasteiger partial charge in [0.15, 0.2) is 0 Å². The fourth-order valence-electron chi connectivity index (χ4n) is 2.57. The van der Waals surface area contributed by atoms with Crippen molar-refractivity contribution >= 4 is 29.3 Å². The number of hydrogen-bond acceptors (Lipinski definition) is 3. The first-order valence-electron chi connectivity index (χ1n) is 7.38. The van der Waals surface area contributed by atoms with Gasteiger partial charge < -0.3 is 10.0 Å². The van der Waals surface area contributed by atoms with Crippen molar-refractivity contribution in [2.45, 2.75) is 32.6 Å². The van der Waals surface area contributed by atoms with Crippen LogP contribution in [-0.4, -0.2) is 35.0 Å². The molecule has 1 amide bonds. The van der Waals surface area contributed by atoms with Crippen LogP contribution in [0.2, 0.25) is 0 Å². The van der Waals surface area contributed by atoms with Gasteiger partial charge in [-0.15, -0.1) is 0 Å². The summed E-state index contributed by atoms with van der Waals surface area (Å²) in [5.41, 5.74) is 1.90. The molecule has 1 N–H and O–H groups in total. The topological polar surface area (TPSA) is 57.6 Å². The van der Waals surface area contributed by atoms with Crippen LogP contribution in [0.4, 0.5) is 5.69 Å². The van der Waals surface area contributed by atoms with Gasteiger partial charge in [-0.1, -0.05) is 19.4 Å². The highest BCUT2D eigenvalue weighted by atomic mass is 32.2. The fraction of sp³-hybridized carbons (Fsp3) is 0.500. The second kappa shape index (κ2) is 7.50. The highest BCUT2D eigenvalue weighted by Gasteiger charge is 2.25. The molecule has 0 aromatic heterocycles. The summed E-state index contributed by atoms with van der Waals surface area (Å²) in [6.07, 6.45) is 3.81. The minimum atomic E-state index is -0.918. The Morgan fingerprint density at radius 2 is 2.19 bits per heavy atom. The number of nitrogens with zero attached hydrogens (tertiary/aromatic N) is 1. The molecule has 0 unspecified atom stereocenters. The Labute approximate surface area is 129 Å². The molecule has 1 aliphatic heterocycles. The number of carboxylic acids is 1. The Kier molecular flexibility index (Phi) is 5.67. The monoisotopic (exact) mass is 307 g/mol. The highest BCUT2D eigenvalue weighted by Crippen LogP contribution is 2.30. The molecule has 0 radical (unpaired) electrons. The van der Waals surface area contributed by atoms with Crippen LogP contribution in [0.15, 0.2) is 18.2 Å². The van der Waals surface area contributed by atoms with Crippen LogP contribution in [0.1, 0.15) is 42.1 Å². The third-order valence-corrected chi connectivity index (χ3v) is 4.68. The van der Waals surface area contributed by atoms with Gasteiger partial charge in [-0.2, -0.15) is 11.8 Å². The number of carboxylic acid groups (broad SMARTS) is 1. The molecule has 0 spiro atoms. The smallest absolute Gasteiger partial charge is 0.336 e. The molecule has 1 heterocycles. The quantitative estimate of drug-likeness (QED) is 0.820. The number of fused-ring (bicyclic) bond motifs is 1. The molecule has 21 heavy (non-hydrogen) atoms. The zero-order chi connectivity index (χ0) is 15.2. The van der Waals surface area contributed by atoms with Crippen molar-refractivity contribution in [1.82, 2.24) is 0 Å². The van der Waals surface area contributed by atoms with Gasteiger partial charge in [0, 0.05) is 12.2 Å². The number of thioether (sulfide) groups is 1. The summed E-state index contributed by atoms with van der Waals surface area (Å²) in [5.74, 6) is 0.632. The van der Waals surface area contributed by atoms with Crippen LogP contribution < -0.4 is 4.90 Å². The van der Waals surface area contributed by atoms with Crippen molar-refractivity contribution < 1.29 is 14.7 Å². The minimum Gasteiger partial charge on any atom is -0.478 e. The van der Waals surface area contributed by atoms with Crippen LogP contribution in [0.3, 0.4) is 0 Å². The molecule has 4 nitrogen and oxygen atoms in total. The van der Waals surface area contributed by atoms with Gasteiger partial charge in [0.1, 0.15) is 0 Å². The standard InChI is InChI=1S/C16H21NO3S/c1-2-3-10-21-11-15(18)17-9-5-7-12-13(16(19)20)6-4-8-14(12)17/h4,6,8H,2-3,5,7,9-11H2,1H3,(H,19,20). The first-order chi connectivity index (χ1) is 10.1. The van der Waals surface area contributed by atoms with Crippen molar-refractivity contribution in [3.05, 3.63) is 29.3 Å². The van der Waals surface area contributed by atoms with Gasteiger partial charge in [-0.25, -0.2) is 4.79 Å². The summed E-state index contributed by atoms with van der Waals surface area (Å²) in [5, 5.41) is 9.26. The SMILES string of the molecule is CCCCSCC(=O)N1CCCc2c(C(=O)O)cccc21. The average molecular weight is 307 g/mol. The second-order valence-electron chi connectivity index (χ2n) is 5.16. The molecule has 0 aliphatic carbocycles. The summed E-state index contributed by atoms with van der Waals surface area (Å²) in [6.45, 7) is 2.82. The molecule has 114 valence electrons. The summed E-state index contributed by atoms with van der Waals surface area (Å²) in [7, 11) is 0. The highest BCUT2D eigenvalue weighted by molar-refractivity contribution is 7.99. The van der Waals surface area contributed by atoms with Gasteiger partial charge in [-0.3, -0.25) is 4.79 Å². The lowest BCUT2D eigenvalue weighted by Gasteiger charge is -2.30. The molecule has 0 atom stereocenters. The Morgan fingerprint density at radius 1 is 1.38 bits per heavy atom. The summed E-state index contributed by atoms with van der Waals surface area (Å²) in [4.78, 5) is 25.4. The zero-order valence-electron chi connectivity index (χ0n) is 12.3. The maximum absolute atomic E-state index is 12.4. The van der Waals surface area contributed by atoms with E-state index < -0.39 is 5.97 Å². The lowest BCUT2D eigenvalue weighted by molar-refractivity contribution is -0.116. The molecular formula is C16H21NO3S. The molecule has 0 saturated heterocycles. The zero-order valence-corrected chi connectivity index (χ0v) is 13.1. The van der Waals surface area contributed by atoms with E-state index >= 15 is 0 Å². The Hall–Kier alpha value is -1.49. The maximum atomic E-state index is 12.4. The van der Waals surface area contributed by atoms with Crippen molar-refractivity contribution in [2.24, 2.45) is 0 Å². The Bertz CT molecular complexity index is 530. The van der Waals surface area contributed by atoms with Gasteiger partial charge >= 0.3 is 5.97 Å². The molecule has 1 aromatic carbocycles. The molecular weight excluding hydrogens is 286 g/mol. The summed E-state index contributed by atoms with van der Waals surface area (Å²) < 4.78 is 0. The summed E-state index contributed by atoms with van der Waals surface area (Å²) >= 11 is 1.66. The van der Waals surface area contributed by atoms with Gasteiger partial charge in [0.2, 0.25) is 5.91 Å². The van der Waals surface area contributed by atoms with Gasteiger partial charge in [0.05, 0.1) is 11.3 Å². The molecule has 0 bridgehead atoms. The van der Waals surface area contributed by atoms with E-state index in [1.807, 2.05) is 6.07 Å². The first-order valence-corrected chi connectivity index (χ1v) is 8.54. The Morgan fingerprint density at radius 3 is 2.90 bits per heavy atom. The van der Waals surface area contributed by atoms with Crippen molar-refractivity contribution in [1.29, 1.82) is 0 Å². The number of aromatic carboxylic acids is 1. The Balaban J connectivity index is 2.13. The van der Waals surface area contributed by atoms with Crippen LogP contribution >= 0.6 is 11.8 Å². The van der Waals surface area contributed by atoms with E-state index in [1.165, 1.54) is 0 Å². The number of amides is 1. The summed E-state index contributed by atoms with van der Waals surface area (Å²) in [6, 6.07) is 5.19. The van der Waals surface area contributed by atoms with Crippen LogP contribution in [0.5, 0.6) is 0 Å². The third kappa shape index (κ3) is 3.79. The predicted molar refractivity (Wildman–Crippen MR) is 86.3 cm³/mol. The van der Waals surface area contributed by atoms with Crippen molar-refractivity contribution in [3.63, 3.8) is 0 Å². The molecule has 5 heteroatoms. The predicted octanol–water partition coefficient (Wildman–Crippen LogP) is 3.20. The van der Waals surface area contributed by atoms with Gasteiger partial charge in [-0.05, 0) is 42.7 Å². The molecule has 2 rings (SSSR count). The van der Waals surface area contributed by atoms with E-state index in [2.05, 4.69) is 6.92 Å². The van der Waals surface area contributed by atoms with Crippen LogP contribution in [-0.2, 0) is 11.2 Å². The lowest BCUT2D eigenvalue weighted by Crippen LogP contribution is -2.37. The van der Waals surface area contributed by atoms with Crippen LogP contribution in [0.25, 0.3) is 0 Å².